The summed E-state index contributed by atoms with van der Waals surface area (Å²) in [6.07, 6.45) is 0.900. The van der Waals surface area contributed by atoms with Gasteiger partial charge in [0.25, 0.3) is 0 Å². The van der Waals surface area contributed by atoms with Crippen molar-refractivity contribution < 1.29 is 9.52 Å². The van der Waals surface area contributed by atoms with Crippen molar-refractivity contribution in [2.24, 2.45) is 0 Å². The van der Waals surface area contributed by atoms with Gasteiger partial charge in [-0.2, -0.15) is 0 Å². The van der Waals surface area contributed by atoms with E-state index in [1.54, 1.807) is 0 Å². The Morgan fingerprint density at radius 3 is 2.67 bits per heavy atom. The van der Waals surface area contributed by atoms with Crippen LogP contribution in [0.4, 0.5) is 0 Å². The van der Waals surface area contributed by atoms with Crippen molar-refractivity contribution in [2.45, 2.75) is 26.2 Å². The normalized spacial score (nSPS) is 13.3. The summed E-state index contributed by atoms with van der Waals surface area (Å²) in [6.45, 7) is 4.27. The Bertz CT molecular complexity index is 453. The monoisotopic (exact) mass is 204 g/mol. The quantitative estimate of drug-likeness (QED) is 0.832. The van der Waals surface area contributed by atoms with Crippen LogP contribution >= 0.6 is 0 Å². The minimum Gasteiger partial charge on any atom is -0.460 e. The number of aliphatic hydroxyl groups excluding tert-OH is 1. The van der Waals surface area contributed by atoms with Crippen LogP contribution < -0.4 is 0 Å². The minimum absolute atomic E-state index is 0.123. The first-order valence-corrected chi connectivity index (χ1v) is 5.36. The first-order chi connectivity index (χ1) is 7.27. The van der Waals surface area contributed by atoms with Gasteiger partial charge in [-0.3, -0.25) is 0 Å². The van der Waals surface area contributed by atoms with Gasteiger partial charge in [0.05, 0.1) is 6.61 Å². The highest BCUT2D eigenvalue weighted by atomic mass is 16.3. The highest BCUT2D eigenvalue weighted by Crippen LogP contribution is 2.31. The maximum Gasteiger partial charge on any atom is 0.134 e. The number of hydrogen-bond donors (Lipinski definition) is 1. The SMILES string of the molecule is CCC(CO)c1oc2ccccc2c1C. The molecule has 0 saturated heterocycles. The molecule has 1 unspecified atom stereocenters. The molecule has 2 nitrogen and oxygen atoms in total. The van der Waals surface area contributed by atoms with Gasteiger partial charge < -0.3 is 9.52 Å². The van der Waals surface area contributed by atoms with E-state index in [9.17, 15) is 5.11 Å². The number of aliphatic hydroxyl groups is 1. The molecular formula is C13H16O2. The molecule has 2 heteroatoms. The van der Waals surface area contributed by atoms with E-state index in [4.69, 9.17) is 4.42 Å². The number of aryl methyl sites for hydroxylation is 1. The molecule has 15 heavy (non-hydrogen) atoms. The molecule has 2 aromatic rings. The van der Waals surface area contributed by atoms with E-state index >= 15 is 0 Å². The Morgan fingerprint density at radius 1 is 1.33 bits per heavy atom. The van der Waals surface area contributed by atoms with Gasteiger partial charge in [-0.15, -0.1) is 0 Å². The molecule has 0 radical (unpaired) electrons. The maximum absolute atomic E-state index is 9.27. The highest BCUT2D eigenvalue weighted by Gasteiger charge is 2.17. The molecule has 1 N–H and O–H groups in total. The van der Waals surface area contributed by atoms with E-state index in [-0.39, 0.29) is 12.5 Å². The molecular weight excluding hydrogens is 188 g/mol. The molecule has 0 aliphatic carbocycles. The predicted molar refractivity (Wildman–Crippen MR) is 61.1 cm³/mol. The summed E-state index contributed by atoms with van der Waals surface area (Å²) in [5, 5.41) is 10.4. The Kier molecular flexibility index (Phi) is 2.78. The zero-order chi connectivity index (χ0) is 10.8. The van der Waals surface area contributed by atoms with Crippen LogP contribution in [0.15, 0.2) is 28.7 Å². The van der Waals surface area contributed by atoms with Crippen molar-refractivity contribution in [3.05, 3.63) is 35.6 Å². The molecule has 1 aromatic carbocycles. The minimum atomic E-state index is 0.123. The molecule has 0 bridgehead atoms. The van der Waals surface area contributed by atoms with Crippen molar-refractivity contribution in [1.82, 2.24) is 0 Å². The largest absolute Gasteiger partial charge is 0.460 e. The Balaban J connectivity index is 2.57. The number of benzene rings is 1. The summed E-state index contributed by atoms with van der Waals surface area (Å²) in [5.74, 6) is 1.05. The van der Waals surface area contributed by atoms with Crippen LogP contribution in [0.3, 0.4) is 0 Å². The van der Waals surface area contributed by atoms with E-state index in [1.165, 1.54) is 0 Å². The van der Waals surface area contributed by atoms with Gasteiger partial charge in [0, 0.05) is 11.3 Å². The van der Waals surface area contributed by atoms with Crippen molar-refractivity contribution in [1.29, 1.82) is 0 Å². The van der Waals surface area contributed by atoms with Gasteiger partial charge >= 0.3 is 0 Å². The molecule has 0 fully saturated rings. The van der Waals surface area contributed by atoms with Crippen molar-refractivity contribution >= 4 is 11.0 Å². The molecule has 0 spiro atoms. The second-order valence-electron chi connectivity index (χ2n) is 3.88. The Labute approximate surface area is 89.5 Å². The molecule has 0 saturated carbocycles. The van der Waals surface area contributed by atoms with Crippen molar-refractivity contribution in [2.75, 3.05) is 6.61 Å². The summed E-state index contributed by atoms with van der Waals surface area (Å²) >= 11 is 0. The van der Waals surface area contributed by atoms with Crippen molar-refractivity contribution in [3.63, 3.8) is 0 Å². The number of fused-ring (bicyclic) bond motifs is 1. The van der Waals surface area contributed by atoms with Crippen LogP contribution in [0.5, 0.6) is 0 Å². The maximum atomic E-state index is 9.27. The van der Waals surface area contributed by atoms with Gasteiger partial charge in [-0.05, 0) is 25.0 Å². The smallest absolute Gasteiger partial charge is 0.134 e. The molecule has 0 amide bonds. The van der Waals surface area contributed by atoms with Crippen LogP contribution in [0, 0.1) is 6.92 Å². The summed E-state index contributed by atoms with van der Waals surface area (Å²) in [7, 11) is 0. The van der Waals surface area contributed by atoms with Crippen LogP contribution in [0.25, 0.3) is 11.0 Å². The lowest BCUT2D eigenvalue weighted by molar-refractivity contribution is 0.247. The average molecular weight is 204 g/mol. The number of rotatable bonds is 3. The van der Waals surface area contributed by atoms with E-state index in [0.717, 1.165) is 28.7 Å². The fourth-order valence-corrected chi connectivity index (χ4v) is 1.98. The first-order valence-electron chi connectivity index (χ1n) is 5.36. The second-order valence-corrected chi connectivity index (χ2v) is 3.88. The van der Waals surface area contributed by atoms with Gasteiger partial charge in [-0.1, -0.05) is 25.1 Å². The zero-order valence-electron chi connectivity index (χ0n) is 9.16. The number of para-hydroxylation sites is 1. The second kappa shape index (κ2) is 4.07. The lowest BCUT2D eigenvalue weighted by Gasteiger charge is -2.08. The summed E-state index contributed by atoms with van der Waals surface area (Å²) < 4.78 is 5.78. The van der Waals surface area contributed by atoms with Crippen LogP contribution in [0.1, 0.15) is 30.6 Å². The lowest BCUT2D eigenvalue weighted by Crippen LogP contribution is -2.02. The topological polar surface area (TPSA) is 33.4 Å². The third-order valence-corrected chi connectivity index (χ3v) is 2.96. The molecule has 80 valence electrons. The van der Waals surface area contributed by atoms with Crippen LogP contribution in [-0.4, -0.2) is 11.7 Å². The summed E-state index contributed by atoms with van der Waals surface area (Å²) in [4.78, 5) is 0. The standard InChI is InChI=1S/C13H16O2/c1-3-10(8-14)13-9(2)11-6-4-5-7-12(11)15-13/h4-7,10,14H,3,8H2,1-2H3. The Morgan fingerprint density at radius 2 is 2.07 bits per heavy atom. The van der Waals surface area contributed by atoms with Crippen LogP contribution in [-0.2, 0) is 0 Å². The highest BCUT2D eigenvalue weighted by molar-refractivity contribution is 5.82. The third-order valence-electron chi connectivity index (χ3n) is 2.96. The van der Waals surface area contributed by atoms with Crippen molar-refractivity contribution in [3.8, 4) is 0 Å². The summed E-state index contributed by atoms with van der Waals surface area (Å²) in [5.41, 5.74) is 2.07. The summed E-state index contributed by atoms with van der Waals surface area (Å²) in [6, 6.07) is 8.00. The fourth-order valence-electron chi connectivity index (χ4n) is 1.98. The lowest BCUT2D eigenvalue weighted by atomic mass is 10.0. The Hall–Kier alpha value is -1.28. The van der Waals surface area contributed by atoms with E-state index in [1.807, 2.05) is 18.2 Å². The third kappa shape index (κ3) is 1.65. The van der Waals surface area contributed by atoms with Gasteiger partial charge in [0.15, 0.2) is 0 Å². The van der Waals surface area contributed by atoms with E-state index in [0.29, 0.717) is 0 Å². The predicted octanol–water partition coefficient (Wildman–Crippen LogP) is 3.23. The molecule has 1 atom stereocenters. The average Bonchev–Trinajstić information content (AvgIpc) is 2.60. The molecule has 0 aliphatic rings. The number of hydrogen-bond acceptors (Lipinski definition) is 2. The first kappa shape index (κ1) is 10.2. The van der Waals surface area contributed by atoms with Gasteiger partial charge in [0.1, 0.15) is 11.3 Å². The zero-order valence-corrected chi connectivity index (χ0v) is 9.16. The fraction of sp³-hybridized carbons (Fsp3) is 0.385. The number of furan rings is 1. The van der Waals surface area contributed by atoms with Gasteiger partial charge in [-0.25, -0.2) is 0 Å². The molecule has 2 rings (SSSR count). The van der Waals surface area contributed by atoms with Crippen LogP contribution in [0.2, 0.25) is 0 Å². The van der Waals surface area contributed by atoms with E-state index in [2.05, 4.69) is 19.9 Å². The molecule has 1 aromatic heterocycles. The van der Waals surface area contributed by atoms with Gasteiger partial charge in [0.2, 0.25) is 0 Å². The van der Waals surface area contributed by atoms with E-state index < -0.39 is 0 Å². The molecule has 1 heterocycles. The molecule has 0 aliphatic heterocycles.